The van der Waals surface area contributed by atoms with E-state index < -0.39 is 0 Å². The second kappa shape index (κ2) is 4.88. The lowest BCUT2D eigenvalue weighted by atomic mass is 10.1. The van der Waals surface area contributed by atoms with E-state index in [1.807, 2.05) is 0 Å². The third-order valence-electron chi connectivity index (χ3n) is 2.73. The Balaban J connectivity index is 1.95. The molecule has 0 unspecified atom stereocenters. The molecule has 5 heteroatoms. The van der Waals surface area contributed by atoms with Crippen molar-refractivity contribution in [2.24, 2.45) is 5.73 Å². The zero-order chi connectivity index (χ0) is 10.7. The van der Waals surface area contributed by atoms with Gasteiger partial charge in [-0.1, -0.05) is 11.6 Å². The Morgan fingerprint density at radius 1 is 1.33 bits per heavy atom. The van der Waals surface area contributed by atoms with Crippen molar-refractivity contribution < 1.29 is 0 Å². The number of nitrogens with two attached hydrogens (primary N) is 1. The summed E-state index contributed by atoms with van der Waals surface area (Å²) in [5, 5.41) is 0.507. The maximum atomic E-state index is 5.95. The van der Waals surface area contributed by atoms with Crippen LogP contribution in [0.15, 0.2) is 12.4 Å². The van der Waals surface area contributed by atoms with Crippen LogP contribution in [0.3, 0.4) is 0 Å². The monoisotopic (exact) mass is 226 g/mol. The van der Waals surface area contributed by atoms with Crippen molar-refractivity contribution in [2.75, 3.05) is 13.1 Å². The molecule has 0 radical (unpaired) electrons. The second-order valence-electron chi connectivity index (χ2n) is 3.91. The van der Waals surface area contributed by atoms with Gasteiger partial charge in [0.25, 0.3) is 0 Å². The number of aromatic nitrogens is 2. The molecule has 1 aliphatic heterocycles. The summed E-state index contributed by atoms with van der Waals surface area (Å²) in [5.41, 5.74) is 6.70. The van der Waals surface area contributed by atoms with Gasteiger partial charge in [-0.05, 0) is 12.8 Å². The normalized spacial score (nSPS) is 19.3. The molecule has 2 N–H and O–H groups in total. The summed E-state index contributed by atoms with van der Waals surface area (Å²) < 4.78 is 0. The first-order valence-corrected chi connectivity index (χ1v) is 5.57. The van der Waals surface area contributed by atoms with Crippen LogP contribution in [-0.4, -0.2) is 34.0 Å². The van der Waals surface area contributed by atoms with E-state index >= 15 is 0 Å². The van der Waals surface area contributed by atoms with E-state index in [0.29, 0.717) is 11.2 Å². The molecule has 1 fully saturated rings. The van der Waals surface area contributed by atoms with Crippen molar-refractivity contribution in [3.63, 3.8) is 0 Å². The summed E-state index contributed by atoms with van der Waals surface area (Å²) in [6.45, 7) is 2.82. The fourth-order valence-corrected chi connectivity index (χ4v) is 1.94. The average molecular weight is 227 g/mol. The first-order valence-electron chi connectivity index (χ1n) is 5.19. The maximum absolute atomic E-state index is 5.95. The van der Waals surface area contributed by atoms with Crippen LogP contribution in [0.1, 0.15) is 18.5 Å². The van der Waals surface area contributed by atoms with Gasteiger partial charge in [-0.3, -0.25) is 9.88 Å². The average Bonchev–Trinajstić information content (AvgIpc) is 2.25. The Morgan fingerprint density at radius 2 is 2.00 bits per heavy atom. The van der Waals surface area contributed by atoms with Crippen LogP contribution >= 0.6 is 11.6 Å². The van der Waals surface area contributed by atoms with Crippen molar-refractivity contribution >= 4 is 11.6 Å². The maximum Gasteiger partial charge on any atom is 0.151 e. The Labute approximate surface area is 94.5 Å². The van der Waals surface area contributed by atoms with Gasteiger partial charge in [0.2, 0.25) is 0 Å². The predicted molar refractivity (Wildman–Crippen MR) is 59.5 cm³/mol. The summed E-state index contributed by atoms with van der Waals surface area (Å²) in [6.07, 6.45) is 5.39. The van der Waals surface area contributed by atoms with Gasteiger partial charge in [0.05, 0.1) is 5.69 Å². The van der Waals surface area contributed by atoms with E-state index in [-0.39, 0.29) is 0 Å². The molecule has 1 aromatic rings. The van der Waals surface area contributed by atoms with E-state index in [2.05, 4.69) is 14.9 Å². The van der Waals surface area contributed by atoms with Gasteiger partial charge in [-0.2, -0.15) is 0 Å². The number of nitrogens with zero attached hydrogens (tertiary/aromatic N) is 3. The molecule has 0 aromatic carbocycles. The lowest BCUT2D eigenvalue weighted by molar-refractivity contribution is 0.203. The highest BCUT2D eigenvalue weighted by atomic mass is 35.5. The van der Waals surface area contributed by atoms with Gasteiger partial charge in [0.15, 0.2) is 5.15 Å². The molecule has 0 aliphatic carbocycles. The highest BCUT2D eigenvalue weighted by Gasteiger charge is 2.17. The molecule has 0 saturated carbocycles. The Morgan fingerprint density at radius 3 is 2.67 bits per heavy atom. The smallest absolute Gasteiger partial charge is 0.151 e. The van der Waals surface area contributed by atoms with Crippen molar-refractivity contribution in [3.8, 4) is 0 Å². The molecule has 0 spiro atoms. The molecule has 0 amide bonds. The van der Waals surface area contributed by atoms with Crippen LogP contribution in [0, 0.1) is 0 Å². The van der Waals surface area contributed by atoms with Gasteiger partial charge < -0.3 is 5.73 Å². The molecule has 15 heavy (non-hydrogen) atoms. The van der Waals surface area contributed by atoms with E-state index in [9.17, 15) is 0 Å². The van der Waals surface area contributed by atoms with Crippen molar-refractivity contribution in [2.45, 2.75) is 25.4 Å². The van der Waals surface area contributed by atoms with Gasteiger partial charge in [-0.25, -0.2) is 4.98 Å². The van der Waals surface area contributed by atoms with Crippen LogP contribution < -0.4 is 5.73 Å². The van der Waals surface area contributed by atoms with Crippen LogP contribution in [0.4, 0.5) is 0 Å². The summed E-state index contributed by atoms with van der Waals surface area (Å²) in [5.74, 6) is 0. The third-order valence-corrected chi connectivity index (χ3v) is 3.04. The van der Waals surface area contributed by atoms with Crippen LogP contribution in [0.25, 0.3) is 0 Å². The van der Waals surface area contributed by atoms with Crippen LogP contribution in [-0.2, 0) is 6.54 Å². The molecular formula is C10H15ClN4. The number of halogens is 1. The van der Waals surface area contributed by atoms with E-state index in [1.54, 1.807) is 12.4 Å². The number of rotatable bonds is 2. The fraction of sp³-hybridized carbons (Fsp3) is 0.600. The number of hydrogen-bond acceptors (Lipinski definition) is 4. The van der Waals surface area contributed by atoms with Gasteiger partial charge in [0, 0.05) is 38.1 Å². The van der Waals surface area contributed by atoms with Crippen molar-refractivity contribution in [1.82, 2.24) is 14.9 Å². The minimum absolute atomic E-state index is 0.360. The number of likely N-dealkylation sites (tertiary alicyclic amines) is 1. The molecule has 2 heterocycles. The van der Waals surface area contributed by atoms with Crippen LogP contribution in [0.2, 0.25) is 5.15 Å². The van der Waals surface area contributed by atoms with Gasteiger partial charge in [-0.15, -0.1) is 0 Å². The third kappa shape index (κ3) is 2.87. The van der Waals surface area contributed by atoms with E-state index in [0.717, 1.165) is 38.2 Å². The molecule has 1 aromatic heterocycles. The molecule has 0 atom stereocenters. The first-order chi connectivity index (χ1) is 7.25. The number of hydrogen-bond donors (Lipinski definition) is 1. The summed E-state index contributed by atoms with van der Waals surface area (Å²) in [4.78, 5) is 10.6. The van der Waals surface area contributed by atoms with Gasteiger partial charge in [0.1, 0.15) is 0 Å². The van der Waals surface area contributed by atoms with Gasteiger partial charge >= 0.3 is 0 Å². The molecular weight excluding hydrogens is 212 g/mol. The standard InChI is InChI=1S/C10H15ClN4/c11-10-9(13-3-4-14-10)7-15-5-1-8(12)2-6-15/h3-4,8H,1-2,5-7,12H2. The highest BCUT2D eigenvalue weighted by Crippen LogP contribution is 2.15. The fourth-order valence-electron chi connectivity index (χ4n) is 1.78. The minimum Gasteiger partial charge on any atom is -0.328 e. The molecule has 4 nitrogen and oxygen atoms in total. The predicted octanol–water partition coefficient (Wildman–Crippen LogP) is 1.05. The topological polar surface area (TPSA) is 55.0 Å². The first kappa shape index (κ1) is 10.8. The Hall–Kier alpha value is -0.710. The highest BCUT2D eigenvalue weighted by molar-refractivity contribution is 6.29. The molecule has 0 bridgehead atoms. The summed E-state index contributed by atoms with van der Waals surface area (Å²) in [7, 11) is 0. The van der Waals surface area contributed by atoms with E-state index in [1.165, 1.54) is 0 Å². The lowest BCUT2D eigenvalue weighted by Gasteiger charge is -2.29. The van der Waals surface area contributed by atoms with Crippen LogP contribution in [0.5, 0.6) is 0 Å². The Bertz CT molecular complexity index is 323. The van der Waals surface area contributed by atoms with E-state index in [4.69, 9.17) is 17.3 Å². The molecule has 2 rings (SSSR count). The molecule has 1 aliphatic rings. The lowest BCUT2D eigenvalue weighted by Crippen LogP contribution is -2.39. The largest absolute Gasteiger partial charge is 0.328 e. The quantitative estimate of drug-likeness (QED) is 0.819. The summed E-state index contributed by atoms with van der Waals surface area (Å²) in [6, 6.07) is 0.360. The minimum atomic E-state index is 0.360. The Kier molecular flexibility index (Phi) is 3.51. The molecule has 82 valence electrons. The SMILES string of the molecule is NC1CCN(Cc2nccnc2Cl)CC1. The zero-order valence-electron chi connectivity index (χ0n) is 8.56. The second-order valence-corrected chi connectivity index (χ2v) is 4.27. The zero-order valence-corrected chi connectivity index (χ0v) is 9.32. The summed E-state index contributed by atoms with van der Waals surface area (Å²) >= 11 is 5.95. The van der Waals surface area contributed by atoms with Crippen molar-refractivity contribution in [1.29, 1.82) is 0 Å². The molecule has 1 saturated heterocycles. The van der Waals surface area contributed by atoms with Crippen molar-refractivity contribution in [3.05, 3.63) is 23.2 Å². The number of piperidine rings is 1.